The van der Waals surface area contributed by atoms with Crippen LogP contribution in [0.5, 0.6) is 0 Å². The number of anilines is 2. The molecule has 0 amide bonds. The number of hydrogen-bond donors (Lipinski definition) is 2. The zero-order valence-corrected chi connectivity index (χ0v) is 19.8. The summed E-state index contributed by atoms with van der Waals surface area (Å²) in [6.07, 6.45) is -10.9. The number of nitrogens with zero attached hydrogens (tertiary/aromatic N) is 3. The number of pyridine rings is 1. The number of aliphatic hydroxyl groups is 1. The molecule has 1 saturated heterocycles. The van der Waals surface area contributed by atoms with Gasteiger partial charge in [-0.2, -0.15) is 30.6 Å². The average Bonchev–Trinajstić information content (AvgIpc) is 2.79. The number of sulfonamides is 1. The zero-order valence-electron chi connectivity index (χ0n) is 19.0. The van der Waals surface area contributed by atoms with Crippen molar-refractivity contribution in [2.24, 2.45) is 0 Å². The van der Waals surface area contributed by atoms with Gasteiger partial charge in [0.15, 0.2) is 0 Å². The van der Waals surface area contributed by atoms with Crippen molar-refractivity contribution in [3.05, 3.63) is 47.7 Å². The lowest BCUT2D eigenvalue weighted by Gasteiger charge is -2.40. The Hall–Kier alpha value is -3.02. The lowest BCUT2D eigenvalue weighted by Crippen LogP contribution is -2.55. The smallest absolute Gasteiger partial charge is 0.383 e. The first kappa shape index (κ1) is 27.6. The standard InChI is InChI=1S/C22H22F6N4O3S/c1-3-4-17-13-31(36(34,35)18-11-14(2)19(29)30-12-18)9-10-32(17)16-7-5-15(6-8-16)20(33,21(23,24)25)22(26,27)28/h5-8,11-12,17,33H,9-10,13H2,1-2H3,(H2,29,30)/t17-/m0/s1. The number of alkyl halides is 6. The highest BCUT2D eigenvalue weighted by atomic mass is 32.2. The number of rotatable bonds is 4. The maximum atomic E-state index is 13.2. The van der Waals surface area contributed by atoms with Crippen molar-refractivity contribution in [3.8, 4) is 11.8 Å². The second-order valence-corrected chi connectivity index (χ2v) is 10.0. The Bertz CT molecular complexity index is 1270. The maximum absolute atomic E-state index is 13.2. The van der Waals surface area contributed by atoms with Crippen molar-refractivity contribution < 1.29 is 39.9 Å². The molecule has 2 aromatic rings. The van der Waals surface area contributed by atoms with E-state index in [-0.39, 0.29) is 36.0 Å². The molecule has 0 aliphatic carbocycles. The second kappa shape index (κ2) is 9.45. The van der Waals surface area contributed by atoms with E-state index in [4.69, 9.17) is 5.73 Å². The molecule has 2 heterocycles. The Balaban J connectivity index is 1.90. The van der Waals surface area contributed by atoms with Crippen molar-refractivity contribution in [1.29, 1.82) is 0 Å². The van der Waals surface area contributed by atoms with Crippen LogP contribution in [-0.4, -0.2) is 60.8 Å². The Morgan fingerprint density at radius 3 is 2.17 bits per heavy atom. The van der Waals surface area contributed by atoms with Gasteiger partial charge in [0.05, 0.1) is 0 Å². The van der Waals surface area contributed by atoms with Gasteiger partial charge in [0.2, 0.25) is 10.0 Å². The summed E-state index contributed by atoms with van der Waals surface area (Å²) in [5.74, 6) is 5.67. The minimum atomic E-state index is -6.00. The van der Waals surface area contributed by atoms with Crippen LogP contribution in [0, 0.1) is 18.8 Å². The van der Waals surface area contributed by atoms with Crippen molar-refractivity contribution in [3.63, 3.8) is 0 Å². The number of hydrogen-bond acceptors (Lipinski definition) is 6. The number of aryl methyl sites for hydroxylation is 1. The third-order valence-electron chi connectivity index (χ3n) is 5.82. The van der Waals surface area contributed by atoms with Crippen LogP contribution in [0.1, 0.15) is 18.1 Å². The van der Waals surface area contributed by atoms with Gasteiger partial charge in [-0.3, -0.25) is 0 Å². The number of piperazine rings is 1. The van der Waals surface area contributed by atoms with E-state index in [0.717, 1.165) is 18.3 Å². The minimum Gasteiger partial charge on any atom is -0.383 e. The second-order valence-electron chi connectivity index (χ2n) is 8.09. The van der Waals surface area contributed by atoms with E-state index in [1.807, 2.05) is 0 Å². The van der Waals surface area contributed by atoms with Gasteiger partial charge >= 0.3 is 12.4 Å². The molecule has 1 aromatic carbocycles. The van der Waals surface area contributed by atoms with E-state index in [1.54, 1.807) is 11.8 Å². The van der Waals surface area contributed by atoms with Crippen LogP contribution in [0.25, 0.3) is 0 Å². The molecule has 36 heavy (non-hydrogen) atoms. The number of nitrogen functional groups attached to an aromatic ring is 1. The Kier molecular flexibility index (Phi) is 7.24. The lowest BCUT2D eigenvalue weighted by atomic mass is 9.92. The van der Waals surface area contributed by atoms with E-state index >= 15 is 0 Å². The van der Waals surface area contributed by atoms with E-state index < -0.39 is 39.6 Å². The van der Waals surface area contributed by atoms with Crippen molar-refractivity contribution in [1.82, 2.24) is 9.29 Å². The van der Waals surface area contributed by atoms with Crippen LogP contribution >= 0.6 is 0 Å². The van der Waals surface area contributed by atoms with Gasteiger partial charge in [-0.05, 0) is 37.6 Å². The first-order chi connectivity index (χ1) is 16.5. The molecule has 0 radical (unpaired) electrons. The van der Waals surface area contributed by atoms with Gasteiger partial charge in [-0.15, -0.1) is 5.92 Å². The van der Waals surface area contributed by atoms with Crippen LogP contribution in [0.4, 0.5) is 37.8 Å². The molecule has 0 spiro atoms. The fourth-order valence-electron chi connectivity index (χ4n) is 3.81. The lowest BCUT2D eigenvalue weighted by molar-refractivity contribution is -0.376. The summed E-state index contributed by atoms with van der Waals surface area (Å²) in [4.78, 5) is 5.37. The fourth-order valence-corrected chi connectivity index (χ4v) is 5.28. The van der Waals surface area contributed by atoms with Crippen LogP contribution in [0.15, 0.2) is 41.4 Å². The monoisotopic (exact) mass is 536 g/mol. The van der Waals surface area contributed by atoms with E-state index in [2.05, 4.69) is 16.8 Å². The summed E-state index contributed by atoms with van der Waals surface area (Å²) < 4.78 is 106. The number of aromatic nitrogens is 1. The zero-order chi connectivity index (χ0) is 27.1. The molecular weight excluding hydrogens is 514 g/mol. The molecular formula is C22H22F6N4O3S. The van der Waals surface area contributed by atoms with Gasteiger partial charge in [-0.1, -0.05) is 18.1 Å². The predicted octanol–water partition coefficient (Wildman–Crippen LogP) is 3.19. The molecule has 3 rings (SSSR count). The number of benzene rings is 1. The van der Waals surface area contributed by atoms with Crippen LogP contribution in [-0.2, 0) is 15.6 Å². The largest absolute Gasteiger partial charge is 0.430 e. The van der Waals surface area contributed by atoms with Crippen LogP contribution < -0.4 is 10.6 Å². The van der Waals surface area contributed by atoms with Crippen molar-refractivity contribution in [2.45, 2.75) is 42.7 Å². The SMILES string of the molecule is CC#C[C@H]1CN(S(=O)(=O)c2cnc(N)c(C)c2)CCN1c1ccc(C(O)(C(F)(F)F)C(F)(F)F)cc1. The van der Waals surface area contributed by atoms with Gasteiger partial charge in [-0.25, -0.2) is 13.4 Å². The molecule has 196 valence electrons. The highest BCUT2D eigenvalue weighted by molar-refractivity contribution is 7.89. The molecule has 1 atom stereocenters. The fraction of sp³-hybridized carbons (Fsp3) is 0.409. The molecule has 1 aromatic heterocycles. The molecule has 7 nitrogen and oxygen atoms in total. The Morgan fingerprint density at radius 2 is 1.67 bits per heavy atom. The molecule has 1 fully saturated rings. The third-order valence-corrected chi connectivity index (χ3v) is 7.65. The highest BCUT2D eigenvalue weighted by Crippen LogP contribution is 2.50. The topological polar surface area (TPSA) is 99.8 Å². The average molecular weight is 536 g/mol. The first-order valence-electron chi connectivity index (χ1n) is 10.4. The van der Waals surface area contributed by atoms with Crippen molar-refractivity contribution >= 4 is 21.5 Å². The van der Waals surface area contributed by atoms with E-state index in [0.29, 0.717) is 17.7 Å². The molecule has 1 aliphatic rings. The number of halogens is 6. The van der Waals surface area contributed by atoms with Gasteiger partial charge in [0.1, 0.15) is 16.8 Å². The summed E-state index contributed by atoms with van der Waals surface area (Å²) >= 11 is 0. The van der Waals surface area contributed by atoms with Gasteiger partial charge < -0.3 is 15.7 Å². The summed E-state index contributed by atoms with van der Waals surface area (Å²) in [6, 6.07) is 3.71. The summed E-state index contributed by atoms with van der Waals surface area (Å²) in [5.41, 5.74) is -0.101. The van der Waals surface area contributed by atoms with Gasteiger partial charge in [0, 0.05) is 37.1 Å². The third kappa shape index (κ3) is 4.82. The molecule has 3 N–H and O–H groups in total. The molecule has 0 bridgehead atoms. The van der Waals surface area contributed by atoms with E-state index in [9.17, 15) is 39.9 Å². The normalized spacial score (nSPS) is 18.0. The Morgan fingerprint density at radius 1 is 1.08 bits per heavy atom. The highest BCUT2D eigenvalue weighted by Gasteiger charge is 2.71. The summed E-state index contributed by atoms with van der Waals surface area (Å²) in [7, 11) is -3.98. The number of nitrogens with two attached hydrogens (primary N) is 1. The maximum Gasteiger partial charge on any atom is 0.430 e. The van der Waals surface area contributed by atoms with Crippen LogP contribution in [0.3, 0.4) is 0 Å². The summed E-state index contributed by atoms with van der Waals surface area (Å²) in [6.45, 7) is 3.00. The molecule has 1 aliphatic heterocycles. The Labute approximate surface area is 203 Å². The molecule has 0 saturated carbocycles. The minimum absolute atomic E-state index is 0.0373. The molecule has 14 heteroatoms. The first-order valence-corrected chi connectivity index (χ1v) is 11.9. The summed E-state index contributed by atoms with van der Waals surface area (Å²) in [5, 5.41) is 9.59. The molecule has 0 unspecified atom stereocenters. The van der Waals surface area contributed by atoms with E-state index in [1.165, 1.54) is 17.3 Å². The van der Waals surface area contributed by atoms with Crippen molar-refractivity contribution in [2.75, 3.05) is 30.3 Å². The van der Waals surface area contributed by atoms with Gasteiger partial charge in [0.25, 0.3) is 5.60 Å². The predicted molar refractivity (Wildman–Crippen MR) is 119 cm³/mol. The van der Waals surface area contributed by atoms with Crippen LogP contribution in [0.2, 0.25) is 0 Å². The quantitative estimate of drug-likeness (QED) is 0.460.